The van der Waals surface area contributed by atoms with Crippen LogP contribution >= 0.6 is 0 Å². The van der Waals surface area contributed by atoms with Crippen LogP contribution in [0, 0.1) is 11.8 Å². The van der Waals surface area contributed by atoms with Crippen molar-refractivity contribution in [1.82, 2.24) is 0 Å². The highest BCUT2D eigenvalue weighted by Gasteiger charge is 2.09. The van der Waals surface area contributed by atoms with Gasteiger partial charge in [0.05, 0.1) is 14.2 Å². The van der Waals surface area contributed by atoms with E-state index in [9.17, 15) is 5.11 Å². The van der Waals surface area contributed by atoms with E-state index in [0.717, 1.165) is 18.4 Å². The smallest absolute Gasteiger partial charge is 0.161 e. The van der Waals surface area contributed by atoms with Crippen molar-refractivity contribution in [3.63, 3.8) is 0 Å². The predicted molar refractivity (Wildman–Crippen MR) is 76.4 cm³/mol. The molecular weight excluding hydrogens is 240 g/mol. The van der Waals surface area contributed by atoms with E-state index in [1.54, 1.807) is 32.4 Å². The van der Waals surface area contributed by atoms with Crippen molar-refractivity contribution in [1.29, 1.82) is 0 Å². The van der Waals surface area contributed by atoms with Crippen molar-refractivity contribution in [2.45, 2.75) is 38.7 Å². The molecule has 0 saturated heterocycles. The van der Waals surface area contributed by atoms with Crippen LogP contribution in [0.3, 0.4) is 0 Å². The van der Waals surface area contributed by atoms with Crippen molar-refractivity contribution in [2.75, 3.05) is 14.2 Å². The zero-order valence-electron chi connectivity index (χ0n) is 11.9. The quantitative estimate of drug-likeness (QED) is 0.631. The van der Waals surface area contributed by atoms with Crippen molar-refractivity contribution >= 4 is 0 Å². The molecule has 0 fully saturated rings. The van der Waals surface area contributed by atoms with Gasteiger partial charge in [0, 0.05) is 6.42 Å². The lowest BCUT2D eigenvalue weighted by atomic mass is 10.1. The molecule has 1 unspecified atom stereocenters. The van der Waals surface area contributed by atoms with E-state index in [1.807, 2.05) is 0 Å². The van der Waals surface area contributed by atoms with Crippen LogP contribution in [-0.4, -0.2) is 19.3 Å². The van der Waals surface area contributed by atoms with Gasteiger partial charge in [-0.05, 0) is 24.1 Å². The minimum Gasteiger partial charge on any atom is -0.493 e. The highest BCUT2D eigenvalue weighted by atomic mass is 16.5. The Bertz CT molecular complexity index is 443. The van der Waals surface area contributed by atoms with Crippen LogP contribution in [0.15, 0.2) is 18.2 Å². The van der Waals surface area contributed by atoms with E-state index in [2.05, 4.69) is 18.8 Å². The Kier molecular flexibility index (Phi) is 6.84. The summed E-state index contributed by atoms with van der Waals surface area (Å²) in [7, 11) is 3.16. The van der Waals surface area contributed by atoms with Crippen LogP contribution in [0.1, 0.15) is 44.3 Å². The first kappa shape index (κ1) is 15.4. The Morgan fingerprint density at radius 3 is 2.53 bits per heavy atom. The second-order valence-electron chi connectivity index (χ2n) is 4.30. The van der Waals surface area contributed by atoms with E-state index in [1.165, 1.54) is 12.8 Å². The lowest BCUT2D eigenvalue weighted by Gasteiger charge is -2.10. The second-order valence-corrected chi connectivity index (χ2v) is 4.30. The summed E-state index contributed by atoms with van der Waals surface area (Å²) >= 11 is 0. The van der Waals surface area contributed by atoms with Gasteiger partial charge < -0.3 is 14.6 Å². The maximum absolute atomic E-state index is 9.99. The SMILES string of the molecule is CCCCCC#CC(O)c1ccc(OC)c(OC)c1. The van der Waals surface area contributed by atoms with E-state index in [-0.39, 0.29) is 0 Å². The van der Waals surface area contributed by atoms with E-state index in [4.69, 9.17) is 9.47 Å². The molecule has 1 atom stereocenters. The van der Waals surface area contributed by atoms with Crippen LogP contribution < -0.4 is 9.47 Å². The molecule has 19 heavy (non-hydrogen) atoms. The lowest BCUT2D eigenvalue weighted by molar-refractivity contribution is 0.237. The second kappa shape index (κ2) is 8.44. The molecule has 0 amide bonds. The Balaban J connectivity index is 2.68. The Labute approximate surface area is 115 Å². The Morgan fingerprint density at radius 1 is 1.16 bits per heavy atom. The number of methoxy groups -OCH3 is 2. The molecule has 0 radical (unpaired) electrons. The molecule has 0 aliphatic carbocycles. The Morgan fingerprint density at radius 2 is 1.89 bits per heavy atom. The summed E-state index contributed by atoms with van der Waals surface area (Å²) in [5.41, 5.74) is 0.723. The topological polar surface area (TPSA) is 38.7 Å². The fourth-order valence-electron chi connectivity index (χ4n) is 1.74. The molecule has 0 heterocycles. The average molecular weight is 262 g/mol. The summed E-state index contributed by atoms with van der Waals surface area (Å²) < 4.78 is 10.4. The number of aliphatic hydroxyl groups excluding tert-OH is 1. The molecule has 1 rings (SSSR count). The molecule has 0 aliphatic heterocycles. The van der Waals surface area contributed by atoms with Crippen molar-refractivity contribution in [2.24, 2.45) is 0 Å². The summed E-state index contributed by atoms with van der Waals surface area (Å²) in [4.78, 5) is 0. The van der Waals surface area contributed by atoms with Gasteiger partial charge in [-0.25, -0.2) is 0 Å². The van der Waals surface area contributed by atoms with Gasteiger partial charge in [-0.2, -0.15) is 0 Å². The van der Waals surface area contributed by atoms with Gasteiger partial charge in [0.2, 0.25) is 0 Å². The lowest BCUT2D eigenvalue weighted by Crippen LogP contribution is -1.97. The third kappa shape index (κ3) is 4.84. The fourth-order valence-corrected chi connectivity index (χ4v) is 1.74. The van der Waals surface area contributed by atoms with Gasteiger partial charge in [0.15, 0.2) is 11.5 Å². The molecule has 3 nitrogen and oxygen atoms in total. The van der Waals surface area contributed by atoms with E-state index >= 15 is 0 Å². The normalized spacial score (nSPS) is 11.4. The van der Waals surface area contributed by atoms with Crippen molar-refractivity contribution in [3.05, 3.63) is 23.8 Å². The molecule has 0 aliphatic rings. The number of hydrogen-bond donors (Lipinski definition) is 1. The number of hydrogen-bond acceptors (Lipinski definition) is 3. The van der Waals surface area contributed by atoms with Gasteiger partial charge in [-0.3, -0.25) is 0 Å². The highest BCUT2D eigenvalue weighted by Crippen LogP contribution is 2.29. The standard InChI is InChI=1S/C16H22O3/c1-4-5-6-7-8-9-14(17)13-10-11-15(18-2)16(12-13)19-3/h10-12,14,17H,4-7H2,1-3H3. The van der Waals surface area contributed by atoms with Crippen molar-refractivity contribution in [3.8, 4) is 23.3 Å². The van der Waals surface area contributed by atoms with Crippen molar-refractivity contribution < 1.29 is 14.6 Å². The minimum atomic E-state index is -0.776. The molecule has 1 aromatic carbocycles. The first-order valence-electron chi connectivity index (χ1n) is 6.61. The zero-order chi connectivity index (χ0) is 14.1. The Hall–Kier alpha value is -1.66. The van der Waals surface area contributed by atoms with Gasteiger partial charge in [0.25, 0.3) is 0 Å². The van der Waals surface area contributed by atoms with Crippen LogP contribution in [0.4, 0.5) is 0 Å². The number of unbranched alkanes of at least 4 members (excludes halogenated alkanes) is 3. The van der Waals surface area contributed by atoms with Crippen LogP contribution in [0.25, 0.3) is 0 Å². The largest absolute Gasteiger partial charge is 0.493 e. The molecule has 0 aromatic heterocycles. The molecule has 0 bridgehead atoms. The van der Waals surface area contributed by atoms with E-state index in [0.29, 0.717) is 11.5 Å². The average Bonchev–Trinajstić information content (AvgIpc) is 2.46. The van der Waals surface area contributed by atoms with E-state index < -0.39 is 6.10 Å². The molecular formula is C16H22O3. The zero-order valence-corrected chi connectivity index (χ0v) is 11.9. The number of rotatable bonds is 6. The number of aliphatic hydroxyl groups is 1. The number of ether oxygens (including phenoxy) is 2. The van der Waals surface area contributed by atoms with Gasteiger partial charge >= 0.3 is 0 Å². The van der Waals surface area contributed by atoms with Gasteiger partial charge in [-0.1, -0.05) is 31.8 Å². The predicted octanol–water partition coefficient (Wildman–Crippen LogP) is 3.32. The summed E-state index contributed by atoms with van der Waals surface area (Å²) in [5, 5.41) is 9.99. The molecule has 0 spiro atoms. The third-order valence-corrected chi connectivity index (χ3v) is 2.87. The molecule has 1 aromatic rings. The van der Waals surface area contributed by atoms with Gasteiger partial charge in [-0.15, -0.1) is 5.92 Å². The summed E-state index contributed by atoms with van der Waals surface area (Å²) in [6.45, 7) is 2.16. The highest BCUT2D eigenvalue weighted by molar-refractivity contribution is 5.44. The minimum absolute atomic E-state index is 0.604. The summed E-state index contributed by atoms with van der Waals surface area (Å²) in [6, 6.07) is 5.33. The molecule has 0 saturated carbocycles. The number of benzene rings is 1. The molecule has 104 valence electrons. The third-order valence-electron chi connectivity index (χ3n) is 2.87. The summed E-state index contributed by atoms with van der Waals surface area (Å²) in [5.74, 6) is 7.12. The fraction of sp³-hybridized carbons (Fsp3) is 0.500. The first-order valence-corrected chi connectivity index (χ1v) is 6.61. The summed E-state index contributed by atoms with van der Waals surface area (Å²) in [6.07, 6.45) is 3.50. The maximum atomic E-state index is 9.99. The molecule has 1 N–H and O–H groups in total. The first-order chi connectivity index (χ1) is 9.22. The molecule has 3 heteroatoms. The maximum Gasteiger partial charge on any atom is 0.161 e. The van der Waals surface area contributed by atoms with Crippen LogP contribution in [0.5, 0.6) is 11.5 Å². The van der Waals surface area contributed by atoms with Gasteiger partial charge in [0.1, 0.15) is 6.10 Å². The monoisotopic (exact) mass is 262 g/mol. The van der Waals surface area contributed by atoms with Crippen LogP contribution in [-0.2, 0) is 0 Å². The van der Waals surface area contributed by atoms with Crippen LogP contribution in [0.2, 0.25) is 0 Å².